The number of hydrogen-bond acceptors (Lipinski definition) is 4. The molecule has 3 aromatic rings. The number of aryl methyl sites for hydroxylation is 1. The van der Waals surface area contributed by atoms with E-state index in [0.29, 0.717) is 12.8 Å². The van der Waals surface area contributed by atoms with Crippen molar-refractivity contribution < 1.29 is 18.0 Å². The molecule has 1 aliphatic carbocycles. The highest BCUT2D eigenvalue weighted by molar-refractivity contribution is 7.92. The van der Waals surface area contributed by atoms with Crippen molar-refractivity contribution in [2.45, 2.75) is 75.8 Å². The Hall–Kier alpha value is -3.07. The fourth-order valence-corrected chi connectivity index (χ4v) is 7.35. The molecule has 0 radical (unpaired) electrons. The lowest BCUT2D eigenvalue weighted by molar-refractivity contribution is -0.140. The van der Waals surface area contributed by atoms with E-state index in [9.17, 15) is 18.0 Å². The van der Waals surface area contributed by atoms with Crippen molar-refractivity contribution in [1.29, 1.82) is 0 Å². The highest BCUT2D eigenvalue weighted by atomic mass is 35.5. The predicted molar refractivity (Wildman–Crippen MR) is 173 cm³/mol. The molecule has 0 aliphatic heterocycles. The van der Waals surface area contributed by atoms with Gasteiger partial charge in [-0.2, -0.15) is 0 Å². The van der Waals surface area contributed by atoms with Crippen LogP contribution in [0.3, 0.4) is 0 Å². The van der Waals surface area contributed by atoms with Gasteiger partial charge >= 0.3 is 0 Å². The zero-order valence-electron chi connectivity index (χ0n) is 24.6. The zero-order valence-corrected chi connectivity index (χ0v) is 27.0. The van der Waals surface area contributed by atoms with Crippen LogP contribution in [0.1, 0.15) is 56.6 Å². The summed E-state index contributed by atoms with van der Waals surface area (Å²) < 4.78 is 29.1. The topological polar surface area (TPSA) is 86.8 Å². The number of nitrogens with zero attached hydrogens (tertiary/aromatic N) is 2. The van der Waals surface area contributed by atoms with Crippen LogP contribution in [0.25, 0.3) is 0 Å². The fraction of sp³-hybridized carbons (Fsp3) is 0.394. The molecule has 1 atom stereocenters. The van der Waals surface area contributed by atoms with Crippen LogP contribution in [-0.2, 0) is 26.0 Å². The van der Waals surface area contributed by atoms with Crippen molar-refractivity contribution in [3.8, 4) is 0 Å². The number of halogens is 2. The minimum absolute atomic E-state index is 0.0138. The van der Waals surface area contributed by atoms with Crippen LogP contribution in [0.4, 0.5) is 5.69 Å². The molecule has 0 aromatic heterocycles. The maximum Gasteiger partial charge on any atom is 0.264 e. The SMILES string of the molecule is CCC(C(=O)NC1CCCCC1)N(CCc1ccccc1)C(=O)CN(c1cccc(Cl)c1Cl)S(=O)(=O)c1ccc(C)cc1. The molecule has 7 nitrogen and oxygen atoms in total. The second-order valence-corrected chi connectivity index (χ2v) is 13.6. The van der Waals surface area contributed by atoms with Crippen LogP contribution in [0.15, 0.2) is 77.7 Å². The third-order valence-corrected chi connectivity index (χ3v) is 10.5. The van der Waals surface area contributed by atoms with Crippen molar-refractivity contribution in [2.75, 3.05) is 17.4 Å². The van der Waals surface area contributed by atoms with E-state index in [1.807, 2.05) is 44.2 Å². The highest BCUT2D eigenvalue weighted by Crippen LogP contribution is 2.35. The summed E-state index contributed by atoms with van der Waals surface area (Å²) in [5, 5.41) is 3.34. The van der Waals surface area contributed by atoms with E-state index in [4.69, 9.17) is 23.2 Å². The Labute approximate surface area is 265 Å². The Bertz CT molecular complexity index is 1490. The molecular formula is C33H39Cl2N3O4S. The lowest BCUT2D eigenvalue weighted by Gasteiger charge is -2.34. The van der Waals surface area contributed by atoms with Gasteiger partial charge in [0.1, 0.15) is 12.6 Å². The Balaban J connectivity index is 1.70. The lowest BCUT2D eigenvalue weighted by Crippen LogP contribution is -2.54. The van der Waals surface area contributed by atoms with Gasteiger partial charge in [-0.15, -0.1) is 0 Å². The maximum atomic E-state index is 14.2. The molecule has 1 unspecified atom stereocenters. The molecule has 1 N–H and O–H groups in total. The van der Waals surface area contributed by atoms with Gasteiger partial charge in [0.2, 0.25) is 11.8 Å². The van der Waals surface area contributed by atoms with Crippen molar-refractivity contribution >= 4 is 50.7 Å². The van der Waals surface area contributed by atoms with Crippen LogP contribution in [0, 0.1) is 6.92 Å². The van der Waals surface area contributed by atoms with Gasteiger partial charge in [0.15, 0.2) is 0 Å². The first kappa shape index (κ1) is 32.8. The van der Waals surface area contributed by atoms with E-state index >= 15 is 0 Å². The quantitative estimate of drug-likeness (QED) is 0.235. The highest BCUT2D eigenvalue weighted by Gasteiger charge is 2.35. The minimum Gasteiger partial charge on any atom is -0.352 e. The monoisotopic (exact) mass is 643 g/mol. The smallest absolute Gasteiger partial charge is 0.264 e. The molecule has 0 heterocycles. The summed E-state index contributed by atoms with van der Waals surface area (Å²) >= 11 is 12.8. The number of nitrogens with one attached hydrogen (secondary N) is 1. The Morgan fingerprint density at radius 1 is 0.930 bits per heavy atom. The van der Waals surface area contributed by atoms with E-state index in [1.165, 1.54) is 23.1 Å². The Morgan fingerprint density at radius 3 is 2.26 bits per heavy atom. The summed E-state index contributed by atoms with van der Waals surface area (Å²) in [4.78, 5) is 29.4. The number of carbonyl (C=O) groups excluding carboxylic acids is 2. The molecule has 43 heavy (non-hydrogen) atoms. The molecule has 0 saturated heterocycles. The number of benzene rings is 3. The van der Waals surface area contributed by atoms with Crippen molar-refractivity contribution in [3.05, 3.63) is 94.0 Å². The van der Waals surface area contributed by atoms with E-state index in [0.717, 1.165) is 47.5 Å². The van der Waals surface area contributed by atoms with Crippen molar-refractivity contribution in [1.82, 2.24) is 10.2 Å². The first-order chi connectivity index (χ1) is 20.6. The fourth-order valence-electron chi connectivity index (χ4n) is 5.48. The van der Waals surface area contributed by atoms with Gasteiger partial charge in [0, 0.05) is 12.6 Å². The Kier molecular flexibility index (Phi) is 11.5. The second kappa shape index (κ2) is 15.1. The first-order valence-electron chi connectivity index (χ1n) is 14.8. The predicted octanol–water partition coefficient (Wildman–Crippen LogP) is 6.80. The average Bonchev–Trinajstić information content (AvgIpc) is 3.00. The van der Waals surface area contributed by atoms with Crippen LogP contribution in [0.5, 0.6) is 0 Å². The second-order valence-electron chi connectivity index (χ2n) is 11.0. The van der Waals surface area contributed by atoms with Crippen LogP contribution < -0.4 is 9.62 Å². The van der Waals surface area contributed by atoms with Crippen molar-refractivity contribution in [2.24, 2.45) is 0 Å². The molecule has 10 heteroatoms. The third kappa shape index (κ3) is 8.31. The zero-order chi connectivity index (χ0) is 31.0. The van der Waals surface area contributed by atoms with Crippen LogP contribution in [0.2, 0.25) is 10.0 Å². The molecule has 230 valence electrons. The molecule has 0 spiro atoms. The molecule has 0 bridgehead atoms. The van der Waals surface area contributed by atoms with E-state index in [2.05, 4.69) is 5.32 Å². The number of amides is 2. The van der Waals surface area contributed by atoms with E-state index in [-0.39, 0.29) is 39.1 Å². The van der Waals surface area contributed by atoms with E-state index in [1.54, 1.807) is 24.3 Å². The normalized spacial score (nSPS) is 14.6. The van der Waals surface area contributed by atoms with Gasteiger partial charge in [0.05, 0.1) is 20.6 Å². The summed E-state index contributed by atoms with van der Waals surface area (Å²) in [6.07, 6.45) is 5.98. The summed E-state index contributed by atoms with van der Waals surface area (Å²) in [6.45, 7) is 3.40. The average molecular weight is 645 g/mol. The van der Waals surface area contributed by atoms with Crippen LogP contribution in [-0.4, -0.2) is 50.3 Å². The number of sulfonamides is 1. The summed E-state index contributed by atoms with van der Waals surface area (Å²) in [5.41, 5.74) is 1.99. The first-order valence-corrected chi connectivity index (χ1v) is 17.0. The van der Waals surface area contributed by atoms with Gasteiger partial charge < -0.3 is 10.2 Å². The number of anilines is 1. The van der Waals surface area contributed by atoms with Gasteiger partial charge in [-0.25, -0.2) is 8.42 Å². The molecular weight excluding hydrogens is 605 g/mol. The number of carbonyl (C=O) groups is 2. The van der Waals surface area contributed by atoms with Crippen LogP contribution >= 0.6 is 23.2 Å². The van der Waals surface area contributed by atoms with Gasteiger partial charge in [-0.3, -0.25) is 13.9 Å². The number of rotatable bonds is 12. The van der Waals surface area contributed by atoms with Gasteiger partial charge in [-0.1, -0.05) is 103 Å². The van der Waals surface area contributed by atoms with E-state index < -0.39 is 28.5 Å². The molecule has 1 aliphatic rings. The minimum atomic E-state index is -4.24. The van der Waals surface area contributed by atoms with Gasteiger partial charge in [-0.05, 0) is 62.4 Å². The Morgan fingerprint density at radius 2 is 1.60 bits per heavy atom. The largest absolute Gasteiger partial charge is 0.352 e. The van der Waals surface area contributed by atoms with Gasteiger partial charge in [0.25, 0.3) is 10.0 Å². The summed E-state index contributed by atoms with van der Waals surface area (Å²) in [6, 6.07) is 20.1. The molecule has 1 saturated carbocycles. The standard InChI is InChI=1S/C33H39Cl2N3O4S/c1-3-29(33(40)36-26-13-8-5-9-14-26)37(22-21-25-11-6-4-7-12-25)31(39)23-38(30-16-10-15-28(34)32(30)35)43(41,42)27-19-17-24(2)18-20-27/h4,6-7,10-12,15-20,26,29H,3,5,8-9,13-14,21-23H2,1-2H3,(H,36,40). The molecule has 2 amide bonds. The molecule has 1 fully saturated rings. The summed E-state index contributed by atoms with van der Waals surface area (Å²) in [5.74, 6) is -0.724. The summed E-state index contributed by atoms with van der Waals surface area (Å²) in [7, 11) is -4.24. The lowest BCUT2D eigenvalue weighted by atomic mass is 9.95. The van der Waals surface area contributed by atoms with Crippen molar-refractivity contribution in [3.63, 3.8) is 0 Å². The molecule has 3 aromatic carbocycles. The third-order valence-electron chi connectivity index (χ3n) is 7.91. The number of hydrogen-bond donors (Lipinski definition) is 1. The maximum absolute atomic E-state index is 14.2. The molecule has 4 rings (SSSR count).